The third kappa shape index (κ3) is 2.41. The van der Waals surface area contributed by atoms with Crippen LogP contribution in [0.4, 0.5) is 0 Å². The van der Waals surface area contributed by atoms with E-state index in [2.05, 4.69) is 54.7 Å². The summed E-state index contributed by atoms with van der Waals surface area (Å²) in [5.41, 5.74) is 4.98. The molecular formula is C15H23N3. The number of hydrogen-bond donors (Lipinski definition) is 1. The normalized spacial score (nSPS) is 14.9. The highest BCUT2D eigenvalue weighted by Gasteiger charge is 2.12. The van der Waals surface area contributed by atoms with Crippen LogP contribution in [0.15, 0.2) is 18.5 Å². The Labute approximate surface area is 109 Å². The minimum absolute atomic E-state index is 0.458. The maximum absolute atomic E-state index is 4.52. The van der Waals surface area contributed by atoms with Gasteiger partial charge < -0.3 is 9.88 Å². The van der Waals surface area contributed by atoms with E-state index < -0.39 is 0 Å². The third-order valence-electron chi connectivity index (χ3n) is 3.85. The molecule has 1 aromatic carbocycles. The fraction of sp³-hybridized carbons (Fsp3) is 0.533. The minimum atomic E-state index is 0.458. The van der Waals surface area contributed by atoms with Gasteiger partial charge in [-0.3, -0.25) is 0 Å². The number of imidazole rings is 1. The summed E-state index contributed by atoms with van der Waals surface area (Å²) in [6.07, 6.45) is 3.07. The Kier molecular flexibility index (Phi) is 3.71. The number of fused-ring (bicyclic) bond motifs is 1. The van der Waals surface area contributed by atoms with E-state index in [-0.39, 0.29) is 0 Å². The topological polar surface area (TPSA) is 29.9 Å². The maximum Gasteiger partial charge on any atom is 0.0960 e. The Morgan fingerprint density at radius 3 is 2.56 bits per heavy atom. The fourth-order valence-corrected chi connectivity index (χ4v) is 2.38. The maximum atomic E-state index is 4.52. The molecule has 0 aliphatic heterocycles. The molecule has 0 fully saturated rings. The lowest BCUT2D eigenvalue weighted by molar-refractivity contribution is 0.438. The third-order valence-corrected chi connectivity index (χ3v) is 3.85. The Balaban J connectivity index is 2.36. The number of nitrogens with zero attached hydrogens (tertiary/aromatic N) is 2. The molecule has 98 valence electrons. The Morgan fingerprint density at radius 1 is 1.22 bits per heavy atom. The first-order valence-electron chi connectivity index (χ1n) is 6.64. The van der Waals surface area contributed by atoms with Crippen molar-refractivity contribution >= 4 is 11.0 Å². The van der Waals surface area contributed by atoms with E-state index in [4.69, 9.17) is 0 Å². The molecule has 0 radical (unpaired) electrons. The first kappa shape index (κ1) is 13.1. The molecule has 0 spiro atoms. The molecule has 1 N–H and O–H groups in total. The van der Waals surface area contributed by atoms with Gasteiger partial charge >= 0.3 is 0 Å². The molecule has 0 aliphatic rings. The van der Waals surface area contributed by atoms with E-state index in [0.717, 1.165) is 11.9 Å². The average molecular weight is 245 g/mol. The van der Waals surface area contributed by atoms with Crippen LogP contribution in [-0.4, -0.2) is 22.6 Å². The molecular weight excluding hydrogens is 222 g/mol. The summed E-state index contributed by atoms with van der Waals surface area (Å²) in [4.78, 5) is 4.52. The first-order chi connectivity index (χ1) is 8.52. The van der Waals surface area contributed by atoms with Gasteiger partial charge in [-0.1, -0.05) is 0 Å². The smallest absolute Gasteiger partial charge is 0.0960 e. The molecule has 0 saturated carbocycles. The van der Waals surface area contributed by atoms with Crippen LogP contribution < -0.4 is 5.32 Å². The monoisotopic (exact) mass is 245 g/mol. The zero-order chi connectivity index (χ0) is 13.3. The molecule has 0 saturated heterocycles. The summed E-state index contributed by atoms with van der Waals surface area (Å²) >= 11 is 0. The fourth-order valence-electron chi connectivity index (χ4n) is 2.38. The zero-order valence-corrected chi connectivity index (χ0v) is 12.0. The van der Waals surface area contributed by atoms with Gasteiger partial charge in [-0.15, -0.1) is 0 Å². The van der Waals surface area contributed by atoms with Crippen LogP contribution in [0.2, 0.25) is 0 Å². The molecule has 3 nitrogen and oxygen atoms in total. The van der Waals surface area contributed by atoms with Gasteiger partial charge in [0.15, 0.2) is 0 Å². The van der Waals surface area contributed by atoms with Crippen molar-refractivity contribution < 1.29 is 0 Å². The van der Waals surface area contributed by atoms with E-state index in [0.29, 0.717) is 12.1 Å². The zero-order valence-electron chi connectivity index (χ0n) is 12.0. The predicted molar refractivity (Wildman–Crippen MR) is 77.1 cm³/mol. The molecule has 2 rings (SSSR count). The van der Waals surface area contributed by atoms with Crippen LogP contribution in [0, 0.1) is 13.8 Å². The van der Waals surface area contributed by atoms with Gasteiger partial charge in [-0.25, -0.2) is 4.98 Å². The van der Waals surface area contributed by atoms with Crippen LogP contribution in [0.3, 0.4) is 0 Å². The molecule has 18 heavy (non-hydrogen) atoms. The molecule has 0 bridgehead atoms. The number of aromatic nitrogens is 2. The van der Waals surface area contributed by atoms with Crippen molar-refractivity contribution in [2.45, 2.75) is 46.2 Å². The standard InChI is InChI=1S/C15H23N3/c1-10-6-14-15(7-11(10)2)18(9-17-14)13(4)8-12(3)16-5/h6-7,9,12-13,16H,8H2,1-5H3. The van der Waals surface area contributed by atoms with Crippen LogP contribution in [0.1, 0.15) is 37.4 Å². The van der Waals surface area contributed by atoms with Gasteiger partial charge in [0, 0.05) is 12.1 Å². The molecule has 2 aromatic rings. The molecule has 2 unspecified atom stereocenters. The number of rotatable bonds is 4. The van der Waals surface area contributed by atoms with E-state index in [1.807, 2.05) is 13.4 Å². The van der Waals surface area contributed by atoms with Crippen molar-refractivity contribution in [3.05, 3.63) is 29.6 Å². The summed E-state index contributed by atoms with van der Waals surface area (Å²) in [7, 11) is 2.01. The number of nitrogens with one attached hydrogen (secondary N) is 1. The molecule has 1 aromatic heterocycles. The Hall–Kier alpha value is -1.35. The van der Waals surface area contributed by atoms with Crippen molar-refractivity contribution in [3.8, 4) is 0 Å². The van der Waals surface area contributed by atoms with Gasteiger partial charge in [0.25, 0.3) is 0 Å². The minimum Gasteiger partial charge on any atom is -0.328 e. The van der Waals surface area contributed by atoms with Gasteiger partial charge in [-0.05, 0) is 64.4 Å². The summed E-state index contributed by atoms with van der Waals surface area (Å²) in [6.45, 7) is 8.77. The highest BCUT2D eigenvalue weighted by Crippen LogP contribution is 2.23. The molecule has 2 atom stereocenters. The Bertz CT molecular complexity index is 542. The van der Waals surface area contributed by atoms with E-state index in [1.54, 1.807) is 0 Å². The van der Waals surface area contributed by atoms with Gasteiger partial charge in [0.2, 0.25) is 0 Å². The number of aryl methyl sites for hydroxylation is 2. The lowest BCUT2D eigenvalue weighted by Gasteiger charge is -2.19. The van der Waals surface area contributed by atoms with Crippen LogP contribution >= 0.6 is 0 Å². The quantitative estimate of drug-likeness (QED) is 0.896. The van der Waals surface area contributed by atoms with Crippen molar-refractivity contribution in [2.75, 3.05) is 7.05 Å². The lowest BCUT2D eigenvalue weighted by Crippen LogP contribution is -2.24. The van der Waals surface area contributed by atoms with Crippen LogP contribution in [0.5, 0.6) is 0 Å². The summed E-state index contributed by atoms with van der Waals surface area (Å²) in [5, 5.41) is 3.29. The highest BCUT2D eigenvalue weighted by molar-refractivity contribution is 5.77. The number of hydrogen-bond acceptors (Lipinski definition) is 2. The molecule has 0 amide bonds. The second-order valence-electron chi connectivity index (χ2n) is 5.35. The lowest BCUT2D eigenvalue weighted by atomic mass is 10.1. The van der Waals surface area contributed by atoms with Gasteiger partial charge in [0.1, 0.15) is 0 Å². The van der Waals surface area contributed by atoms with Gasteiger partial charge in [-0.2, -0.15) is 0 Å². The first-order valence-corrected chi connectivity index (χ1v) is 6.64. The Morgan fingerprint density at radius 2 is 1.89 bits per heavy atom. The second kappa shape index (κ2) is 5.11. The van der Waals surface area contributed by atoms with Crippen molar-refractivity contribution in [1.82, 2.24) is 14.9 Å². The summed E-state index contributed by atoms with van der Waals surface area (Å²) < 4.78 is 2.29. The summed E-state index contributed by atoms with van der Waals surface area (Å²) in [6, 6.07) is 5.40. The number of benzene rings is 1. The molecule has 0 aliphatic carbocycles. The van der Waals surface area contributed by atoms with Crippen LogP contribution in [0.25, 0.3) is 11.0 Å². The van der Waals surface area contributed by atoms with Gasteiger partial charge in [0.05, 0.1) is 17.4 Å². The highest BCUT2D eigenvalue weighted by atomic mass is 15.1. The molecule has 1 heterocycles. The average Bonchev–Trinajstić information content (AvgIpc) is 2.72. The second-order valence-corrected chi connectivity index (χ2v) is 5.35. The predicted octanol–water partition coefficient (Wildman–Crippen LogP) is 3.21. The van der Waals surface area contributed by atoms with Crippen LogP contribution in [-0.2, 0) is 0 Å². The molecule has 3 heteroatoms. The van der Waals surface area contributed by atoms with Crippen molar-refractivity contribution in [1.29, 1.82) is 0 Å². The van der Waals surface area contributed by atoms with Crippen molar-refractivity contribution in [2.24, 2.45) is 0 Å². The summed E-state index contributed by atoms with van der Waals surface area (Å²) in [5.74, 6) is 0. The largest absolute Gasteiger partial charge is 0.328 e. The van der Waals surface area contributed by atoms with E-state index in [1.165, 1.54) is 16.6 Å². The SMILES string of the molecule is CNC(C)CC(C)n1cnc2cc(C)c(C)cc21. The van der Waals surface area contributed by atoms with Crippen molar-refractivity contribution in [3.63, 3.8) is 0 Å². The van der Waals surface area contributed by atoms with E-state index >= 15 is 0 Å². The van der Waals surface area contributed by atoms with E-state index in [9.17, 15) is 0 Å².